The number of amides is 1. The monoisotopic (exact) mass is 369 g/mol. The Labute approximate surface area is 149 Å². The zero-order chi connectivity index (χ0) is 18.7. The number of rotatable bonds is 6. The van der Waals surface area contributed by atoms with Crippen molar-refractivity contribution in [1.29, 1.82) is 0 Å². The maximum Gasteiger partial charge on any atom is 0.242 e. The van der Waals surface area contributed by atoms with E-state index in [9.17, 15) is 13.2 Å². The van der Waals surface area contributed by atoms with Gasteiger partial charge in [0.2, 0.25) is 15.9 Å². The number of nitrogens with zero attached hydrogens (tertiary/aromatic N) is 1. The van der Waals surface area contributed by atoms with Crippen molar-refractivity contribution in [2.45, 2.75) is 30.7 Å². The second kappa shape index (κ2) is 7.82. The van der Waals surface area contributed by atoms with Crippen LogP contribution in [-0.4, -0.2) is 52.5 Å². The Hall–Kier alpha value is -1.48. The van der Waals surface area contributed by atoms with Crippen LogP contribution in [0, 0.1) is 5.41 Å². The highest BCUT2D eigenvalue weighted by atomic mass is 32.2. The molecule has 7 nitrogen and oxygen atoms in total. The van der Waals surface area contributed by atoms with E-state index in [4.69, 9.17) is 10.5 Å². The van der Waals surface area contributed by atoms with Crippen molar-refractivity contribution in [3.8, 4) is 0 Å². The molecule has 0 saturated carbocycles. The van der Waals surface area contributed by atoms with Crippen molar-refractivity contribution in [3.63, 3.8) is 0 Å². The van der Waals surface area contributed by atoms with Gasteiger partial charge in [-0.15, -0.1) is 0 Å². The summed E-state index contributed by atoms with van der Waals surface area (Å²) in [6.07, 6.45) is 1.23. The van der Waals surface area contributed by atoms with Gasteiger partial charge >= 0.3 is 0 Å². The van der Waals surface area contributed by atoms with E-state index in [1.54, 1.807) is 24.3 Å². The molecule has 1 aromatic carbocycles. The number of ether oxygens (including phenoxy) is 1. The summed E-state index contributed by atoms with van der Waals surface area (Å²) < 4.78 is 30.7. The Morgan fingerprint density at radius 1 is 1.28 bits per heavy atom. The van der Waals surface area contributed by atoms with Crippen LogP contribution in [0.1, 0.15) is 31.4 Å². The molecule has 1 heterocycles. The molecular formula is C17H27N3O4S. The molecule has 1 atom stereocenters. The Bertz CT molecular complexity index is 695. The summed E-state index contributed by atoms with van der Waals surface area (Å²) in [5, 5.41) is 3.00. The first-order chi connectivity index (χ1) is 11.7. The Morgan fingerprint density at radius 2 is 1.84 bits per heavy atom. The maximum atomic E-state index is 12.7. The van der Waals surface area contributed by atoms with Gasteiger partial charge in [0.25, 0.3) is 0 Å². The molecular weight excluding hydrogens is 342 g/mol. The second-order valence-electron chi connectivity index (χ2n) is 6.65. The molecule has 1 unspecified atom stereocenters. The highest BCUT2D eigenvalue weighted by Gasteiger charge is 2.39. The van der Waals surface area contributed by atoms with Crippen LogP contribution in [0.15, 0.2) is 29.2 Å². The summed E-state index contributed by atoms with van der Waals surface area (Å²) in [6.45, 7) is 3.23. The molecule has 1 amide bonds. The van der Waals surface area contributed by atoms with Gasteiger partial charge in [-0.25, -0.2) is 12.7 Å². The average molecular weight is 369 g/mol. The lowest BCUT2D eigenvalue weighted by molar-refractivity contribution is -0.136. The molecule has 3 N–H and O–H groups in total. The largest absolute Gasteiger partial charge is 0.381 e. The van der Waals surface area contributed by atoms with Crippen LogP contribution in [0.25, 0.3) is 0 Å². The Morgan fingerprint density at radius 3 is 2.32 bits per heavy atom. The molecule has 1 saturated heterocycles. The van der Waals surface area contributed by atoms with Crippen LogP contribution in [0.5, 0.6) is 0 Å². The molecule has 0 radical (unpaired) electrons. The lowest BCUT2D eigenvalue weighted by Crippen LogP contribution is -2.49. The molecule has 1 aliphatic heterocycles. The van der Waals surface area contributed by atoms with E-state index in [-0.39, 0.29) is 23.4 Å². The quantitative estimate of drug-likeness (QED) is 0.775. The molecule has 8 heteroatoms. The van der Waals surface area contributed by atoms with Crippen LogP contribution in [0.2, 0.25) is 0 Å². The third kappa shape index (κ3) is 4.20. The second-order valence-corrected chi connectivity index (χ2v) is 8.80. The number of carbonyl (C=O) groups excluding carboxylic acids is 1. The van der Waals surface area contributed by atoms with Crippen molar-refractivity contribution < 1.29 is 17.9 Å². The number of carbonyl (C=O) groups is 1. The standard InChI is InChI=1S/C17H27N3O4S/c1-13(19-16(21)17(12-18)8-10-24-11-9-17)14-4-6-15(7-5-14)25(22,23)20(2)3/h4-7,13H,8-12,18H2,1-3H3,(H,19,21). The minimum atomic E-state index is -3.46. The van der Waals surface area contributed by atoms with Gasteiger partial charge in [-0.1, -0.05) is 12.1 Å². The van der Waals surface area contributed by atoms with Crippen molar-refractivity contribution in [3.05, 3.63) is 29.8 Å². The third-order valence-electron chi connectivity index (χ3n) is 4.83. The van der Waals surface area contributed by atoms with E-state index in [0.29, 0.717) is 26.1 Å². The normalized spacial score (nSPS) is 18.8. The summed E-state index contributed by atoms with van der Waals surface area (Å²) in [6, 6.07) is 6.32. The summed E-state index contributed by atoms with van der Waals surface area (Å²) in [4.78, 5) is 12.9. The van der Waals surface area contributed by atoms with Crippen LogP contribution in [-0.2, 0) is 19.6 Å². The summed E-state index contributed by atoms with van der Waals surface area (Å²) >= 11 is 0. The van der Waals surface area contributed by atoms with Gasteiger partial charge < -0.3 is 15.8 Å². The zero-order valence-corrected chi connectivity index (χ0v) is 15.8. The Kier molecular flexibility index (Phi) is 6.21. The van der Waals surface area contributed by atoms with Crippen molar-refractivity contribution in [1.82, 2.24) is 9.62 Å². The fourth-order valence-corrected chi connectivity index (χ4v) is 3.76. The van der Waals surface area contributed by atoms with E-state index in [1.165, 1.54) is 18.4 Å². The fourth-order valence-electron chi connectivity index (χ4n) is 2.86. The predicted molar refractivity (Wildman–Crippen MR) is 95.4 cm³/mol. The average Bonchev–Trinajstić information content (AvgIpc) is 2.62. The first-order valence-electron chi connectivity index (χ1n) is 8.34. The molecule has 1 fully saturated rings. The molecule has 2 rings (SSSR count). The SMILES string of the molecule is CC(NC(=O)C1(CN)CCOCC1)c1ccc(S(=O)(=O)N(C)C)cc1. The third-order valence-corrected chi connectivity index (χ3v) is 6.66. The van der Waals surface area contributed by atoms with Gasteiger partial charge in [0.1, 0.15) is 0 Å². The number of nitrogens with two attached hydrogens (primary N) is 1. The molecule has 0 bridgehead atoms. The maximum absolute atomic E-state index is 12.7. The van der Waals surface area contributed by atoms with Gasteiger partial charge in [-0.05, 0) is 37.5 Å². The highest BCUT2D eigenvalue weighted by Crippen LogP contribution is 2.30. The van der Waals surface area contributed by atoms with Crippen LogP contribution >= 0.6 is 0 Å². The highest BCUT2D eigenvalue weighted by molar-refractivity contribution is 7.89. The van der Waals surface area contributed by atoms with Gasteiger partial charge in [0.15, 0.2) is 0 Å². The number of nitrogens with one attached hydrogen (secondary N) is 1. The minimum absolute atomic E-state index is 0.0733. The lowest BCUT2D eigenvalue weighted by Gasteiger charge is -2.35. The molecule has 0 spiro atoms. The van der Waals surface area contributed by atoms with Gasteiger partial charge in [-0.3, -0.25) is 4.79 Å². The van der Waals surface area contributed by atoms with E-state index in [1.807, 2.05) is 6.92 Å². The van der Waals surface area contributed by atoms with Crippen LogP contribution in [0.3, 0.4) is 0 Å². The Balaban J connectivity index is 2.10. The first kappa shape index (κ1) is 19.8. The summed E-state index contributed by atoms with van der Waals surface area (Å²) in [5.74, 6) is -0.0733. The molecule has 1 aliphatic rings. The van der Waals surface area contributed by atoms with Crippen molar-refractivity contribution in [2.75, 3.05) is 33.9 Å². The van der Waals surface area contributed by atoms with E-state index in [2.05, 4.69) is 5.32 Å². The molecule has 0 aromatic heterocycles. The topological polar surface area (TPSA) is 102 Å². The first-order valence-corrected chi connectivity index (χ1v) is 9.78. The van der Waals surface area contributed by atoms with E-state index < -0.39 is 15.4 Å². The van der Waals surface area contributed by atoms with Crippen molar-refractivity contribution >= 4 is 15.9 Å². The van der Waals surface area contributed by atoms with Gasteiger partial charge in [-0.2, -0.15) is 0 Å². The van der Waals surface area contributed by atoms with Gasteiger partial charge in [0.05, 0.1) is 16.4 Å². The molecule has 1 aromatic rings. The van der Waals surface area contributed by atoms with Crippen molar-refractivity contribution in [2.24, 2.45) is 11.1 Å². The lowest BCUT2D eigenvalue weighted by atomic mass is 9.79. The number of hydrogen-bond donors (Lipinski definition) is 2. The summed E-state index contributed by atoms with van der Waals surface area (Å²) in [7, 11) is -0.473. The number of hydrogen-bond acceptors (Lipinski definition) is 5. The summed E-state index contributed by atoms with van der Waals surface area (Å²) in [5.41, 5.74) is 6.12. The molecule has 0 aliphatic carbocycles. The zero-order valence-electron chi connectivity index (χ0n) is 15.0. The molecule has 25 heavy (non-hydrogen) atoms. The van der Waals surface area contributed by atoms with Crippen LogP contribution in [0.4, 0.5) is 0 Å². The minimum Gasteiger partial charge on any atom is -0.381 e. The van der Waals surface area contributed by atoms with Crippen LogP contribution < -0.4 is 11.1 Å². The van der Waals surface area contributed by atoms with E-state index >= 15 is 0 Å². The smallest absolute Gasteiger partial charge is 0.242 e. The fraction of sp³-hybridized carbons (Fsp3) is 0.588. The number of benzene rings is 1. The van der Waals surface area contributed by atoms with Gasteiger partial charge in [0, 0.05) is 33.9 Å². The van der Waals surface area contributed by atoms with E-state index in [0.717, 1.165) is 5.56 Å². The predicted octanol–water partition coefficient (Wildman–Crippen LogP) is 0.870. The number of sulfonamides is 1. The molecule has 140 valence electrons.